The van der Waals surface area contributed by atoms with Crippen LogP contribution in [0.1, 0.15) is 22.5 Å². The number of rotatable bonds is 4. The molecule has 2 aromatic heterocycles. The molecule has 0 saturated heterocycles. The van der Waals surface area contributed by atoms with Gasteiger partial charge in [-0.2, -0.15) is 9.78 Å². The van der Waals surface area contributed by atoms with E-state index in [-0.39, 0.29) is 23.9 Å². The van der Waals surface area contributed by atoms with Crippen molar-refractivity contribution in [3.8, 4) is 5.95 Å². The molecule has 0 aliphatic carbocycles. The molecule has 8 nitrogen and oxygen atoms in total. The second kappa shape index (κ2) is 7.40. The molecule has 2 amide bonds. The molecule has 0 aliphatic heterocycles. The smallest absolute Gasteiger partial charge is 0.320 e. The van der Waals surface area contributed by atoms with Gasteiger partial charge < -0.3 is 5.32 Å². The van der Waals surface area contributed by atoms with Crippen molar-refractivity contribution in [1.82, 2.24) is 25.1 Å². The molecule has 1 aromatic carbocycles. The summed E-state index contributed by atoms with van der Waals surface area (Å²) in [6, 6.07) is 7.03. The van der Waals surface area contributed by atoms with Crippen molar-refractivity contribution in [2.75, 3.05) is 5.32 Å². The van der Waals surface area contributed by atoms with E-state index < -0.39 is 6.03 Å². The van der Waals surface area contributed by atoms with Crippen LogP contribution in [-0.4, -0.2) is 25.8 Å². The Bertz CT molecular complexity index is 1040. The van der Waals surface area contributed by atoms with Crippen molar-refractivity contribution in [3.05, 3.63) is 69.0 Å². The van der Waals surface area contributed by atoms with Crippen LogP contribution in [0.4, 0.5) is 15.0 Å². The summed E-state index contributed by atoms with van der Waals surface area (Å²) in [6.45, 7) is 5.41. The highest BCUT2D eigenvalue weighted by atomic mass is 19.1. The summed E-state index contributed by atoms with van der Waals surface area (Å²) in [6.07, 6.45) is 0. The van der Waals surface area contributed by atoms with Gasteiger partial charge in [-0.3, -0.25) is 15.1 Å². The van der Waals surface area contributed by atoms with Crippen molar-refractivity contribution < 1.29 is 9.18 Å². The van der Waals surface area contributed by atoms with Crippen molar-refractivity contribution in [2.45, 2.75) is 27.3 Å². The zero-order valence-corrected chi connectivity index (χ0v) is 15.1. The topological polar surface area (TPSA) is 105 Å². The Hall–Kier alpha value is -3.49. The van der Waals surface area contributed by atoms with Crippen LogP contribution in [0.3, 0.4) is 0 Å². The number of carbonyl (C=O) groups is 1. The number of hydrogen-bond donors (Lipinski definition) is 3. The first-order valence-corrected chi connectivity index (χ1v) is 8.27. The maximum atomic E-state index is 12.9. The number of nitrogens with one attached hydrogen (secondary N) is 3. The summed E-state index contributed by atoms with van der Waals surface area (Å²) >= 11 is 0. The summed E-state index contributed by atoms with van der Waals surface area (Å²) < 4.78 is 14.3. The maximum Gasteiger partial charge on any atom is 0.320 e. The number of aryl methyl sites for hydroxylation is 2. The fraction of sp³-hybridized carbons (Fsp3) is 0.222. The molecule has 0 saturated carbocycles. The zero-order chi connectivity index (χ0) is 19.6. The lowest BCUT2D eigenvalue weighted by atomic mass is 10.2. The maximum absolute atomic E-state index is 12.9. The van der Waals surface area contributed by atoms with Crippen LogP contribution in [-0.2, 0) is 6.54 Å². The van der Waals surface area contributed by atoms with Crippen molar-refractivity contribution in [3.63, 3.8) is 0 Å². The number of aromatic nitrogens is 4. The molecule has 3 rings (SSSR count). The third-order valence-electron chi connectivity index (χ3n) is 4.02. The highest BCUT2D eigenvalue weighted by Gasteiger charge is 2.14. The Balaban J connectivity index is 1.77. The van der Waals surface area contributed by atoms with Crippen LogP contribution < -0.4 is 16.2 Å². The van der Waals surface area contributed by atoms with E-state index in [1.807, 2.05) is 0 Å². The van der Waals surface area contributed by atoms with E-state index >= 15 is 0 Å². The van der Waals surface area contributed by atoms with Gasteiger partial charge in [0, 0.05) is 23.9 Å². The number of nitrogens with zero attached hydrogens (tertiary/aromatic N) is 3. The Kier molecular flexibility index (Phi) is 5.02. The van der Waals surface area contributed by atoms with Gasteiger partial charge in [0.1, 0.15) is 11.6 Å². The van der Waals surface area contributed by atoms with Crippen molar-refractivity contribution in [1.29, 1.82) is 0 Å². The molecule has 27 heavy (non-hydrogen) atoms. The predicted octanol–water partition coefficient (Wildman–Crippen LogP) is 2.34. The molecule has 0 radical (unpaired) electrons. The zero-order valence-electron chi connectivity index (χ0n) is 15.1. The lowest BCUT2D eigenvalue weighted by molar-refractivity contribution is 0.251. The molecule has 2 heterocycles. The van der Waals surface area contributed by atoms with E-state index in [2.05, 4.69) is 25.7 Å². The number of urea groups is 1. The first-order valence-electron chi connectivity index (χ1n) is 8.27. The Morgan fingerprint density at radius 2 is 1.93 bits per heavy atom. The van der Waals surface area contributed by atoms with E-state index in [1.54, 1.807) is 39.0 Å². The molecular weight excluding hydrogens is 351 g/mol. The lowest BCUT2D eigenvalue weighted by Gasteiger charge is -2.10. The van der Waals surface area contributed by atoms with Gasteiger partial charge in [-0.05, 0) is 38.5 Å². The number of anilines is 1. The fourth-order valence-electron chi connectivity index (χ4n) is 2.43. The normalized spacial score (nSPS) is 10.7. The number of H-pyrrole nitrogens is 1. The molecule has 0 spiro atoms. The Morgan fingerprint density at radius 3 is 2.59 bits per heavy atom. The van der Waals surface area contributed by atoms with E-state index in [9.17, 15) is 14.0 Å². The van der Waals surface area contributed by atoms with E-state index in [1.165, 1.54) is 16.8 Å². The average molecular weight is 370 g/mol. The highest BCUT2D eigenvalue weighted by Crippen LogP contribution is 2.14. The van der Waals surface area contributed by atoms with Gasteiger partial charge in [0.25, 0.3) is 5.56 Å². The minimum Gasteiger partial charge on any atom is -0.334 e. The number of halogens is 1. The predicted molar refractivity (Wildman–Crippen MR) is 98.4 cm³/mol. The summed E-state index contributed by atoms with van der Waals surface area (Å²) in [4.78, 5) is 31.2. The number of amides is 2. The molecule has 0 fully saturated rings. The largest absolute Gasteiger partial charge is 0.334 e. The lowest BCUT2D eigenvalue weighted by Crippen LogP contribution is -2.29. The number of aromatic amines is 1. The van der Waals surface area contributed by atoms with Crippen LogP contribution >= 0.6 is 0 Å². The molecule has 0 unspecified atom stereocenters. The fourth-order valence-corrected chi connectivity index (χ4v) is 2.43. The summed E-state index contributed by atoms with van der Waals surface area (Å²) in [7, 11) is 0. The van der Waals surface area contributed by atoms with E-state index in [0.29, 0.717) is 22.8 Å². The Labute approximate surface area is 154 Å². The average Bonchev–Trinajstić information content (AvgIpc) is 2.99. The van der Waals surface area contributed by atoms with Gasteiger partial charge in [-0.1, -0.05) is 12.1 Å². The molecular formula is C18H19FN6O2. The van der Waals surface area contributed by atoms with E-state index in [4.69, 9.17) is 0 Å². The number of benzene rings is 1. The third kappa shape index (κ3) is 4.20. The molecule has 3 aromatic rings. The SMILES string of the molecule is Cc1cc(NC(=O)NCc2ccc(F)cc2)n(-c2nc(C)c(C)c(=O)[nH]2)n1. The number of carbonyl (C=O) groups excluding carboxylic acids is 1. The second-order valence-electron chi connectivity index (χ2n) is 6.12. The quantitative estimate of drug-likeness (QED) is 0.655. The van der Waals surface area contributed by atoms with Crippen LogP contribution in [0.25, 0.3) is 5.95 Å². The molecule has 0 atom stereocenters. The second-order valence-corrected chi connectivity index (χ2v) is 6.12. The van der Waals surface area contributed by atoms with Crippen LogP contribution in [0.5, 0.6) is 0 Å². The van der Waals surface area contributed by atoms with Gasteiger partial charge >= 0.3 is 6.03 Å². The van der Waals surface area contributed by atoms with Crippen LogP contribution in [0.2, 0.25) is 0 Å². The molecule has 0 aliphatic rings. The molecule has 0 bridgehead atoms. The van der Waals surface area contributed by atoms with Crippen molar-refractivity contribution in [2.24, 2.45) is 0 Å². The first kappa shape index (κ1) is 18.3. The minimum atomic E-state index is -0.466. The van der Waals surface area contributed by atoms with Gasteiger partial charge in [0.2, 0.25) is 5.95 Å². The Morgan fingerprint density at radius 1 is 1.22 bits per heavy atom. The van der Waals surface area contributed by atoms with Gasteiger partial charge in [-0.15, -0.1) is 0 Å². The first-order chi connectivity index (χ1) is 12.8. The van der Waals surface area contributed by atoms with Gasteiger partial charge in [0.15, 0.2) is 0 Å². The summed E-state index contributed by atoms with van der Waals surface area (Å²) in [5, 5.41) is 9.63. The minimum absolute atomic E-state index is 0.213. The van der Waals surface area contributed by atoms with Gasteiger partial charge in [-0.25, -0.2) is 14.2 Å². The molecule has 140 valence electrons. The summed E-state index contributed by atoms with van der Waals surface area (Å²) in [5.74, 6) is 0.234. The molecule has 9 heteroatoms. The van der Waals surface area contributed by atoms with Crippen LogP contribution in [0, 0.1) is 26.6 Å². The molecule has 3 N–H and O–H groups in total. The van der Waals surface area contributed by atoms with Crippen molar-refractivity contribution >= 4 is 11.8 Å². The monoisotopic (exact) mass is 370 g/mol. The van der Waals surface area contributed by atoms with Crippen LogP contribution in [0.15, 0.2) is 35.1 Å². The summed E-state index contributed by atoms with van der Waals surface area (Å²) in [5.41, 5.74) is 2.24. The van der Waals surface area contributed by atoms with E-state index in [0.717, 1.165) is 5.56 Å². The highest BCUT2D eigenvalue weighted by molar-refractivity contribution is 5.88. The third-order valence-corrected chi connectivity index (χ3v) is 4.02. The van der Waals surface area contributed by atoms with Gasteiger partial charge in [0.05, 0.1) is 5.69 Å². The standard InChI is InChI=1S/C18H19FN6O2/c1-10-8-15(22-18(27)20-9-13-4-6-14(19)7-5-13)25(24-10)17-21-12(3)11(2)16(26)23-17/h4-8H,9H2,1-3H3,(H2,20,22,27)(H,21,23,26). The number of hydrogen-bond acceptors (Lipinski definition) is 4.